The van der Waals surface area contributed by atoms with Crippen LogP contribution >= 0.6 is 0 Å². The van der Waals surface area contributed by atoms with E-state index in [9.17, 15) is 14.4 Å². The predicted molar refractivity (Wildman–Crippen MR) is 91.7 cm³/mol. The van der Waals surface area contributed by atoms with Crippen LogP contribution in [0.15, 0.2) is 24.8 Å². The number of amides is 3. The third-order valence-electron chi connectivity index (χ3n) is 4.69. The van der Waals surface area contributed by atoms with Crippen molar-refractivity contribution >= 4 is 23.5 Å². The number of piperazine rings is 1. The third-order valence-corrected chi connectivity index (χ3v) is 4.69. The lowest BCUT2D eigenvalue weighted by atomic mass is 10.3. The van der Waals surface area contributed by atoms with Gasteiger partial charge < -0.3 is 9.80 Å². The summed E-state index contributed by atoms with van der Waals surface area (Å²) in [5.41, 5.74) is 0. The SMILES string of the molecule is O=C(CN1C(=O)CCC1=O)N1CCN(c2ccc(-n3cncn3)nn2)CC1. The molecule has 2 aromatic heterocycles. The number of carbonyl (C=O) groups excluding carboxylic acids is 3. The van der Waals surface area contributed by atoms with Crippen molar-refractivity contribution in [3.05, 3.63) is 24.8 Å². The van der Waals surface area contributed by atoms with Gasteiger partial charge in [0, 0.05) is 39.0 Å². The summed E-state index contributed by atoms with van der Waals surface area (Å²) in [5.74, 6) is 0.552. The minimum atomic E-state index is -0.269. The number of hydrogen-bond donors (Lipinski definition) is 0. The maximum atomic E-state index is 12.4. The van der Waals surface area contributed by atoms with Crippen LogP contribution in [-0.4, -0.2) is 85.2 Å². The highest BCUT2D eigenvalue weighted by Crippen LogP contribution is 2.15. The average Bonchev–Trinajstić information content (AvgIpc) is 3.34. The monoisotopic (exact) mass is 370 g/mol. The highest BCUT2D eigenvalue weighted by atomic mass is 16.2. The van der Waals surface area contributed by atoms with Crippen LogP contribution in [0.25, 0.3) is 5.82 Å². The summed E-state index contributed by atoms with van der Waals surface area (Å²) in [4.78, 5) is 44.3. The molecule has 11 nitrogen and oxygen atoms in total. The van der Waals surface area contributed by atoms with E-state index < -0.39 is 0 Å². The van der Waals surface area contributed by atoms with Crippen molar-refractivity contribution in [2.75, 3.05) is 37.6 Å². The quantitative estimate of drug-likeness (QED) is 0.620. The zero-order valence-corrected chi connectivity index (χ0v) is 14.6. The second kappa shape index (κ2) is 7.09. The zero-order chi connectivity index (χ0) is 18.8. The molecule has 0 N–H and O–H groups in total. The van der Waals surface area contributed by atoms with Crippen LogP contribution in [0.3, 0.4) is 0 Å². The maximum Gasteiger partial charge on any atom is 0.242 e. The molecular formula is C16H18N8O3. The number of aromatic nitrogens is 5. The number of carbonyl (C=O) groups is 3. The Hall–Kier alpha value is -3.37. The Morgan fingerprint density at radius 1 is 0.963 bits per heavy atom. The molecule has 0 atom stereocenters. The smallest absolute Gasteiger partial charge is 0.242 e. The van der Waals surface area contributed by atoms with E-state index in [4.69, 9.17) is 0 Å². The highest BCUT2D eigenvalue weighted by Gasteiger charge is 2.32. The number of imide groups is 1. The molecule has 0 spiro atoms. The molecule has 0 unspecified atom stereocenters. The Kier molecular flexibility index (Phi) is 4.48. The van der Waals surface area contributed by atoms with E-state index in [1.54, 1.807) is 17.3 Å². The molecule has 11 heteroatoms. The zero-order valence-electron chi connectivity index (χ0n) is 14.6. The van der Waals surface area contributed by atoms with Crippen molar-refractivity contribution in [2.24, 2.45) is 0 Å². The third kappa shape index (κ3) is 3.48. The fourth-order valence-corrected chi connectivity index (χ4v) is 3.15. The maximum absolute atomic E-state index is 12.4. The first-order valence-electron chi connectivity index (χ1n) is 8.66. The summed E-state index contributed by atoms with van der Waals surface area (Å²) < 4.78 is 1.52. The number of hydrogen-bond acceptors (Lipinski definition) is 8. The van der Waals surface area contributed by atoms with E-state index in [-0.39, 0.29) is 37.1 Å². The number of rotatable bonds is 4. The van der Waals surface area contributed by atoms with E-state index in [1.165, 1.54) is 11.0 Å². The van der Waals surface area contributed by atoms with Crippen LogP contribution in [0.2, 0.25) is 0 Å². The van der Waals surface area contributed by atoms with Crippen molar-refractivity contribution < 1.29 is 14.4 Å². The molecule has 27 heavy (non-hydrogen) atoms. The van der Waals surface area contributed by atoms with Crippen molar-refractivity contribution in [1.29, 1.82) is 0 Å². The minimum Gasteiger partial charge on any atom is -0.352 e. The van der Waals surface area contributed by atoms with Crippen LogP contribution in [0.5, 0.6) is 0 Å². The van der Waals surface area contributed by atoms with Crippen LogP contribution in [0.1, 0.15) is 12.8 Å². The Morgan fingerprint density at radius 3 is 2.22 bits per heavy atom. The summed E-state index contributed by atoms with van der Waals surface area (Å²) in [6.45, 7) is 2.04. The molecule has 140 valence electrons. The number of nitrogens with zero attached hydrogens (tertiary/aromatic N) is 8. The fourth-order valence-electron chi connectivity index (χ4n) is 3.15. The van der Waals surface area contributed by atoms with E-state index in [2.05, 4.69) is 20.3 Å². The Balaban J connectivity index is 1.33. The highest BCUT2D eigenvalue weighted by molar-refractivity contribution is 6.04. The van der Waals surface area contributed by atoms with E-state index in [1.807, 2.05) is 11.0 Å². The van der Waals surface area contributed by atoms with Crippen molar-refractivity contribution in [2.45, 2.75) is 12.8 Å². The first-order chi connectivity index (χ1) is 13.1. The Labute approximate surface area is 154 Å². The number of likely N-dealkylation sites (tertiary alicyclic amines) is 1. The molecule has 0 aliphatic carbocycles. The molecule has 2 saturated heterocycles. The van der Waals surface area contributed by atoms with Gasteiger partial charge in [-0.2, -0.15) is 5.10 Å². The van der Waals surface area contributed by atoms with Crippen molar-refractivity contribution in [3.63, 3.8) is 0 Å². The first kappa shape index (κ1) is 17.1. The van der Waals surface area contributed by atoms with Crippen LogP contribution in [0.4, 0.5) is 5.82 Å². The van der Waals surface area contributed by atoms with Crippen LogP contribution < -0.4 is 4.90 Å². The van der Waals surface area contributed by atoms with Crippen LogP contribution in [-0.2, 0) is 14.4 Å². The molecule has 4 rings (SSSR count). The molecule has 0 saturated carbocycles. The fraction of sp³-hybridized carbons (Fsp3) is 0.438. The summed E-state index contributed by atoms with van der Waals surface area (Å²) >= 11 is 0. The molecule has 2 fully saturated rings. The Morgan fingerprint density at radius 2 is 1.63 bits per heavy atom. The Bertz CT molecular complexity index is 827. The standard InChI is InChI=1S/C16H18N8O3/c25-14-3-4-15(26)23(14)9-16(27)22-7-5-21(6-8-22)12-1-2-13(20-19-12)24-11-17-10-18-24/h1-2,10-11H,3-9H2. The van der Waals surface area contributed by atoms with Gasteiger partial charge in [-0.15, -0.1) is 10.2 Å². The molecule has 2 aliphatic rings. The molecule has 0 aromatic carbocycles. The van der Waals surface area contributed by atoms with E-state index in [0.717, 1.165) is 10.7 Å². The molecule has 2 aliphatic heterocycles. The first-order valence-corrected chi connectivity index (χ1v) is 8.66. The lowest BCUT2D eigenvalue weighted by Gasteiger charge is -2.35. The summed E-state index contributed by atoms with van der Waals surface area (Å²) in [6, 6.07) is 3.65. The van der Waals surface area contributed by atoms with E-state index in [0.29, 0.717) is 32.0 Å². The van der Waals surface area contributed by atoms with Gasteiger partial charge in [0.25, 0.3) is 0 Å². The predicted octanol–water partition coefficient (Wildman–Crippen LogP) is -1.15. The lowest BCUT2D eigenvalue weighted by Crippen LogP contribution is -2.52. The van der Waals surface area contributed by atoms with Gasteiger partial charge in [-0.3, -0.25) is 19.3 Å². The molecular weight excluding hydrogens is 352 g/mol. The van der Waals surface area contributed by atoms with Crippen molar-refractivity contribution in [3.8, 4) is 5.82 Å². The van der Waals surface area contributed by atoms with Gasteiger partial charge in [0.1, 0.15) is 19.2 Å². The van der Waals surface area contributed by atoms with Gasteiger partial charge in [0.2, 0.25) is 17.7 Å². The van der Waals surface area contributed by atoms with Gasteiger partial charge in [0.15, 0.2) is 11.6 Å². The molecule has 4 heterocycles. The molecule has 2 aromatic rings. The summed E-state index contributed by atoms with van der Waals surface area (Å²) in [5, 5.41) is 12.4. The summed E-state index contributed by atoms with van der Waals surface area (Å²) in [7, 11) is 0. The second-order valence-electron chi connectivity index (χ2n) is 6.33. The summed E-state index contributed by atoms with van der Waals surface area (Å²) in [6.07, 6.45) is 3.37. The van der Waals surface area contributed by atoms with Gasteiger partial charge in [-0.05, 0) is 12.1 Å². The average molecular weight is 370 g/mol. The lowest BCUT2D eigenvalue weighted by molar-refractivity contribution is -0.145. The minimum absolute atomic E-state index is 0.163. The topological polar surface area (TPSA) is 117 Å². The largest absolute Gasteiger partial charge is 0.352 e. The van der Waals surface area contributed by atoms with Gasteiger partial charge in [0.05, 0.1) is 0 Å². The number of anilines is 1. The second-order valence-corrected chi connectivity index (χ2v) is 6.33. The molecule has 3 amide bonds. The van der Waals surface area contributed by atoms with Gasteiger partial charge >= 0.3 is 0 Å². The van der Waals surface area contributed by atoms with Crippen molar-refractivity contribution in [1.82, 2.24) is 34.8 Å². The van der Waals surface area contributed by atoms with Gasteiger partial charge in [-0.25, -0.2) is 9.67 Å². The molecule has 0 radical (unpaired) electrons. The van der Waals surface area contributed by atoms with Crippen LogP contribution in [0, 0.1) is 0 Å². The van der Waals surface area contributed by atoms with Gasteiger partial charge in [-0.1, -0.05) is 0 Å². The normalized spacial score (nSPS) is 17.7. The van der Waals surface area contributed by atoms with E-state index >= 15 is 0 Å². The molecule has 0 bridgehead atoms.